The van der Waals surface area contributed by atoms with Crippen molar-refractivity contribution < 1.29 is 9.59 Å². The molecule has 1 atom stereocenters. The minimum Gasteiger partial charge on any atom is -0.352 e. The van der Waals surface area contributed by atoms with Gasteiger partial charge < -0.3 is 10.2 Å². The molecule has 146 valence electrons. The second-order valence-corrected chi connectivity index (χ2v) is 6.69. The molecule has 8 nitrogen and oxygen atoms in total. The average molecular weight is 388 g/mol. The maximum Gasteiger partial charge on any atom is 0.223 e. The Balaban J connectivity index is 1.49. The molecular weight excluding hydrogens is 368 g/mol. The lowest BCUT2D eigenvalue weighted by Crippen LogP contribution is -2.35. The predicted octanol–water partition coefficient (Wildman–Crippen LogP) is 2.24. The van der Waals surface area contributed by atoms with Gasteiger partial charge in [0.05, 0.1) is 12.5 Å². The van der Waals surface area contributed by atoms with E-state index in [1.807, 2.05) is 42.5 Å². The van der Waals surface area contributed by atoms with Crippen LogP contribution in [0.15, 0.2) is 61.4 Å². The van der Waals surface area contributed by atoms with Crippen LogP contribution in [-0.4, -0.2) is 36.5 Å². The van der Waals surface area contributed by atoms with E-state index in [1.54, 1.807) is 28.3 Å². The average Bonchev–Trinajstić information content (AvgIpc) is 3.27. The molecule has 3 aromatic rings. The van der Waals surface area contributed by atoms with Gasteiger partial charge in [0, 0.05) is 31.4 Å². The number of rotatable bonds is 5. The molecule has 0 unspecified atom stereocenters. The largest absolute Gasteiger partial charge is 0.352 e. The molecule has 0 saturated carbocycles. The highest BCUT2D eigenvalue weighted by atomic mass is 16.2. The van der Waals surface area contributed by atoms with Crippen LogP contribution in [-0.2, 0) is 16.1 Å². The SMILES string of the molecule is CC(=O)N1C=Cc2ccccc2[C@@H]1CC(=O)NCc1cccnc1-n1cncn1. The first kappa shape index (κ1) is 18.5. The van der Waals surface area contributed by atoms with Crippen LogP contribution in [0.3, 0.4) is 0 Å². The summed E-state index contributed by atoms with van der Waals surface area (Å²) in [6, 6.07) is 11.1. The van der Waals surface area contributed by atoms with Crippen molar-refractivity contribution in [1.29, 1.82) is 0 Å². The molecule has 8 heteroatoms. The molecule has 1 aromatic carbocycles. The number of carbonyl (C=O) groups excluding carboxylic acids is 2. The maximum atomic E-state index is 12.7. The van der Waals surface area contributed by atoms with Crippen molar-refractivity contribution >= 4 is 17.9 Å². The van der Waals surface area contributed by atoms with Gasteiger partial charge in [0.15, 0.2) is 5.82 Å². The van der Waals surface area contributed by atoms with Gasteiger partial charge in [-0.15, -0.1) is 0 Å². The van der Waals surface area contributed by atoms with Crippen LogP contribution in [0.2, 0.25) is 0 Å². The van der Waals surface area contributed by atoms with Crippen molar-refractivity contribution in [1.82, 2.24) is 30.0 Å². The lowest BCUT2D eigenvalue weighted by Gasteiger charge is -2.32. The van der Waals surface area contributed by atoms with Crippen molar-refractivity contribution in [3.05, 3.63) is 78.1 Å². The van der Waals surface area contributed by atoms with E-state index < -0.39 is 0 Å². The van der Waals surface area contributed by atoms with Gasteiger partial charge in [0.2, 0.25) is 11.8 Å². The highest BCUT2D eigenvalue weighted by Gasteiger charge is 2.28. The number of aromatic nitrogens is 4. The fraction of sp³-hybridized carbons (Fsp3) is 0.190. The van der Waals surface area contributed by atoms with Gasteiger partial charge >= 0.3 is 0 Å². The number of fused-ring (bicyclic) bond motifs is 1. The molecule has 0 fully saturated rings. The van der Waals surface area contributed by atoms with E-state index in [-0.39, 0.29) is 24.3 Å². The standard InChI is InChI=1S/C21H20N6O2/c1-15(28)26-10-8-16-5-2-3-7-18(16)19(26)11-20(29)24-12-17-6-4-9-23-21(17)27-14-22-13-25-27/h2-10,13-14,19H,11-12H2,1H3,(H,24,29)/t19-/m0/s1. The van der Waals surface area contributed by atoms with Crippen LogP contribution in [0, 0.1) is 0 Å². The van der Waals surface area contributed by atoms with Crippen molar-refractivity contribution in [2.24, 2.45) is 0 Å². The Labute approximate surface area is 167 Å². The normalized spacial score (nSPS) is 15.1. The number of pyridine rings is 1. The monoisotopic (exact) mass is 388 g/mol. The molecule has 1 aliphatic heterocycles. The van der Waals surface area contributed by atoms with Crippen LogP contribution in [0.5, 0.6) is 0 Å². The van der Waals surface area contributed by atoms with E-state index in [9.17, 15) is 9.59 Å². The molecule has 3 heterocycles. The number of hydrogen-bond donors (Lipinski definition) is 1. The van der Waals surface area contributed by atoms with E-state index in [0.717, 1.165) is 16.7 Å². The Morgan fingerprint density at radius 3 is 2.83 bits per heavy atom. The molecule has 0 bridgehead atoms. The summed E-state index contributed by atoms with van der Waals surface area (Å²) >= 11 is 0. The van der Waals surface area contributed by atoms with E-state index >= 15 is 0 Å². The number of amides is 2. The van der Waals surface area contributed by atoms with Crippen molar-refractivity contribution in [3.63, 3.8) is 0 Å². The number of benzene rings is 1. The summed E-state index contributed by atoms with van der Waals surface area (Å²) in [4.78, 5) is 34.7. The minimum atomic E-state index is -0.336. The third-order valence-corrected chi connectivity index (χ3v) is 4.83. The molecule has 4 rings (SSSR count). The summed E-state index contributed by atoms with van der Waals surface area (Å²) < 4.78 is 1.56. The smallest absolute Gasteiger partial charge is 0.223 e. The molecule has 2 aromatic heterocycles. The zero-order valence-corrected chi connectivity index (χ0v) is 15.9. The van der Waals surface area contributed by atoms with E-state index in [1.165, 1.54) is 13.3 Å². The summed E-state index contributed by atoms with van der Waals surface area (Å²) in [5.41, 5.74) is 2.80. The zero-order valence-electron chi connectivity index (χ0n) is 15.9. The van der Waals surface area contributed by atoms with Crippen LogP contribution in [0.25, 0.3) is 11.9 Å². The quantitative estimate of drug-likeness (QED) is 0.724. The molecule has 1 aliphatic rings. The molecule has 0 aliphatic carbocycles. The number of nitrogens with one attached hydrogen (secondary N) is 1. The second kappa shape index (κ2) is 8.05. The second-order valence-electron chi connectivity index (χ2n) is 6.69. The summed E-state index contributed by atoms with van der Waals surface area (Å²) in [6.45, 7) is 1.80. The third-order valence-electron chi connectivity index (χ3n) is 4.83. The van der Waals surface area contributed by atoms with Crippen LogP contribution >= 0.6 is 0 Å². The van der Waals surface area contributed by atoms with Crippen LogP contribution in [0.1, 0.15) is 36.1 Å². The topological polar surface area (TPSA) is 93.0 Å². The van der Waals surface area contributed by atoms with E-state index in [2.05, 4.69) is 20.4 Å². The Morgan fingerprint density at radius 2 is 2.03 bits per heavy atom. The predicted molar refractivity (Wildman–Crippen MR) is 106 cm³/mol. The molecule has 29 heavy (non-hydrogen) atoms. The van der Waals surface area contributed by atoms with Gasteiger partial charge in [-0.25, -0.2) is 14.6 Å². The first-order valence-electron chi connectivity index (χ1n) is 9.25. The molecular formula is C21H20N6O2. The third kappa shape index (κ3) is 3.91. The fourth-order valence-corrected chi connectivity index (χ4v) is 3.45. The highest BCUT2D eigenvalue weighted by Crippen LogP contribution is 2.32. The maximum absolute atomic E-state index is 12.7. The van der Waals surface area contributed by atoms with Crippen molar-refractivity contribution in [3.8, 4) is 5.82 Å². The molecule has 1 N–H and O–H groups in total. The van der Waals surface area contributed by atoms with Crippen LogP contribution in [0.4, 0.5) is 0 Å². The van der Waals surface area contributed by atoms with Gasteiger partial charge in [0.25, 0.3) is 0 Å². The molecule has 0 saturated heterocycles. The summed E-state index contributed by atoms with van der Waals surface area (Å²) in [5, 5.41) is 7.04. The number of carbonyl (C=O) groups is 2. The van der Waals surface area contributed by atoms with E-state index in [4.69, 9.17) is 0 Å². The summed E-state index contributed by atoms with van der Waals surface area (Å²) in [6.07, 6.45) is 8.46. The molecule has 0 spiro atoms. The number of hydrogen-bond acceptors (Lipinski definition) is 5. The fourth-order valence-electron chi connectivity index (χ4n) is 3.45. The van der Waals surface area contributed by atoms with E-state index in [0.29, 0.717) is 12.4 Å². The van der Waals surface area contributed by atoms with Crippen LogP contribution < -0.4 is 5.32 Å². The summed E-state index contributed by atoms with van der Waals surface area (Å²) in [7, 11) is 0. The van der Waals surface area contributed by atoms with Gasteiger partial charge in [-0.05, 0) is 23.3 Å². The lowest BCUT2D eigenvalue weighted by atomic mass is 9.93. The zero-order chi connectivity index (χ0) is 20.2. The van der Waals surface area contributed by atoms with Gasteiger partial charge in [-0.1, -0.05) is 30.3 Å². The highest BCUT2D eigenvalue weighted by molar-refractivity contribution is 5.81. The Bertz CT molecular complexity index is 1060. The Kier molecular flexibility index (Phi) is 5.15. The Hall–Kier alpha value is -3.81. The Morgan fingerprint density at radius 1 is 1.17 bits per heavy atom. The minimum absolute atomic E-state index is 0.103. The van der Waals surface area contributed by atoms with Gasteiger partial charge in [-0.3, -0.25) is 9.59 Å². The first-order valence-corrected chi connectivity index (χ1v) is 9.25. The van der Waals surface area contributed by atoms with Gasteiger partial charge in [-0.2, -0.15) is 5.10 Å². The molecule has 0 radical (unpaired) electrons. The first-order chi connectivity index (χ1) is 14.1. The van der Waals surface area contributed by atoms with Crippen molar-refractivity contribution in [2.45, 2.75) is 25.9 Å². The lowest BCUT2D eigenvalue weighted by molar-refractivity contribution is -0.130. The van der Waals surface area contributed by atoms with Crippen molar-refractivity contribution in [2.75, 3.05) is 0 Å². The number of nitrogens with zero attached hydrogens (tertiary/aromatic N) is 5. The van der Waals surface area contributed by atoms with Gasteiger partial charge in [0.1, 0.15) is 12.7 Å². The molecule has 2 amide bonds. The summed E-state index contributed by atoms with van der Waals surface area (Å²) in [5.74, 6) is 0.357.